The van der Waals surface area contributed by atoms with Gasteiger partial charge in [0.25, 0.3) is 0 Å². The van der Waals surface area contributed by atoms with Gasteiger partial charge >= 0.3 is 0 Å². The van der Waals surface area contributed by atoms with Crippen molar-refractivity contribution in [3.05, 3.63) is 65.1 Å². The van der Waals surface area contributed by atoms with E-state index in [1.54, 1.807) is 30.3 Å². The van der Waals surface area contributed by atoms with Crippen LogP contribution in [0.4, 0.5) is 10.1 Å². The monoisotopic (exact) mass is 303 g/mol. The summed E-state index contributed by atoms with van der Waals surface area (Å²) < 4.78 is 18.6. The Bertz CT molecular complexity index is 813. The molecule has 1 N–H and O–H groups in total. The van der Waals surface area contributed by atoms with E-state index >= 15 is 0 Å². The van der Waals surface area contributed by atoms with E-state index in [0.717, 1.165) is 0 Å². The molecule has 0 unspecified atom stereocenters. The highest BCUT2D eigenvalue weighted by atomic mass is 35.5. The van der Waals surface area contributed by atoms with Gasteiger partial charge in [-0.3, -0.25) is 4.79 Å². The maximum atomic E-state index is 13.3. The molecule has 21 heavy (non-hydrogen) atoms. The summed E-state index contributed by atoms with van der Waals surface area (Å²) in [5.74, 6) is -0.605. The maximum Gasteiger partial charge on any atom is 0.228 e. The molecule has 0 spiro atoms. The molecule has 0 saturated carbocycles. The Labute approximate surface area is 125 Å². The molecule has 5 heteroatoms. The number of rotatable bonds is 3. The summed E-state index contributed by atoms with van der Waals surface area (Å²) in [5, 5.41) is 3.79. The van der Waals surface area contributed by atoms with E-state index in [1.807, 2.05) is 0 Å². The van der Waals surface area contributed by atoms with Crippen molar-refractivity contribution < 1.29 is 13.6 Å². The predicted molar refractivity (Wildman–Crippen MR) is 80.0 cm³/mol. The summed E-state index contributed by atoms with van der Waals surface area (Å²) in [5.41, 5.74) is 1.73. The van der Waals surface area contributed by atoms with Gasteiger partial charge in [0.05, 0.1) is 23.4 Å². The van der Waals surface area contributed by atoms with Crippen LogP contribution in [0.15, 0.2) is 53.1 Å². The molecule has 0 fully saturated rings. The molecule has 0 atom stereocenters. The lowest BCUT2D eigenvalue weighted by Gasteiger charge is -2.06. The zero-order valence-electron chi connectivity index (χ0n) is 10.9. The summed E-state index contributed by atoms with van der Waals surface area (Å²) in [4.78, 5) is 12.1. The molecule has 0 radical (unpaired) electrons. The Kier molecular flexibility index (Phi) is 3.62. The maximum absolute atomic E-state index is 13.3. The number of benzene rings is 2. The number of nitrogens with one attached hydrogen (secondary N) is 1. The summed E-state index contributed by atoms with van der Waals surface area (Å²) >= 11 is 5.98. The first-order valence-electron chi connectivity index (χ1n) is 6.33. The van der Waals surface area contributed by atoms with Crippen molar-refractivity contribution in [2.45, 2.75) is 6.42 Å². The highest BCUT2D eigenvalue weighted by molar-refractivity contribution is 6.33. The van der Waals surface area contributed by atoms with E-state index < -0.39 is 0 Å². The van der Waals surface area contributed by atoms with E-state index in [4.69, 9.17) is 16.0 Å². The van der Waals surface area contributed by atoms with Crippen molar-refractivity contribution in [2.24, 2.45) is 0 Å². The lowest BCUT2D eigenvalue weighted by molar-refractivity contribution is -0.115. The molecule has 3 nitrogen and oxygen atoms in total. The topological polar surface area (TPSA) is 42.2 Å². The molecule has 1 aromatic heterocycles. The lowest BCUT2D eigenvalue weighted by atomic mass is 10.1. The molecule has 0 aliphatic rings. The number of hydrogen-bond donors (Lipinski definition) is 1. The first kappa shape index (κ1) is 13.6. The fourth-order valence-corrected chi connectivity index (χ4v) is 2.30. The van der Waals surface area contributed by atoms with E-state index in [0.29, 0.717) is 27.2 Å². The number of carbonyl (C=O) groups excluding carboxylic acids is 1. The Morgan fingerprint density at radius 2 is 2.05 bits per heavy atom. The summed E-state index contributed by atoms with van der Waals surface area (Å²) in [6, 6.07) is 11.2. The predicted octanol–water partition coefficient (Wildman–Crippen LogP) is 4.41. The third kappa shape index (κ3) is 2.90. The molecule has 0 aliphatic carbocycles. The van der Waals surface area contributed by atoms with Crippen LogP contribution in [-0.4, -0.2) is 5.91 Å². The largest absolute Gasteiger partial charge is 0.464 e. The third-order valence-corrected chi connectivity index (χ3v) is 3.44. The molecule has 0 saturated heterocycles. The zero-order chi connectivity index (χ0) is 14.8. The number of amides is 1. The van der Waals surface area contributed by atoms with Crippen molar-refractivity contribution >= 4 is 34.2 Å². The number of fused-ring (bicyclic) bond motifs is 1. The number of anilines is 1. The first-order valence-corrected chi connectivity index (χ1v) is 6.71. The average Bonchev–Trinajstić information content (AvgIpc) is 2.84. The van der Waals surface area contributed by atoms with Gasteiger partial charge in [0, 0.05) is 10.9 Å². The molecule has 106 valence electrons. The third-order valence-electron chi connectivity index (χ3n) is 3.11. The van der Waals surface area contributed by atoms with Crippen LogP contribution in [0.5, 0.6) is 0 Å². The normalized spacial score (nSPS) is 10.8. The molecule has 2 aromatic carbocycles. The minimum Gasteiger partial charge on any atom is -0.464 e. The van der Waals surface area contributed by atoms with Crippen LogP contribution >= 0.6 is 11.6 Å². The SMILES string of the molecule is O=C(Cc1coc2ccc(F)cc12)Nc1ccccc1Cl. The van der Waals surface area contributed by atoms with Crippen molar-refractivity contribution in [3.8, 4) is 0 Å². The van der Waals surface area contributed by atoms with Crippen LogP contribution in [0.3, 0.4) is 0 Å². The fraction of sp³-hybridized carbons (Fsp3) is 0.0625. The highest BCUT2D eigenvalue weighted by Crippen LogP contribution is 2.24. The molecule has 1 amide bonds. The van der Waals surface area contributed by atoms with Crippen molar-refractivity contribution in [1.82, 2.24) is 0 Å². The fourth-order valence-electron chi connectivity index (χ4n) is 2.12. The number of halogens is 2. The van der Waals surface area contributed by atoms with E-state index in [9.17, 15) is 9.18 Å². The Morgan fingerprint density at radius 3 is 2.86 bits per heavy atom. The van der Waals surface area contributed by atoms with Gasteiger partial charge in [-0.15, -0.1) is 0 Å². The van der Waals surface area contributed by atoms with Crippen LogP contribution < -0.4 is 5.32 Å². The number of hydrogen-bond acceptors (Lipinski definition) is 2. The van der Waals surface area contributed by atoms with Crippen molar-refractivity contribution in [3.63, 3.8) is 0 Å². The lowest BCUT2D eigenvalue weighted by Crippen LogP contribution is -2.14. The second-order valence-electron chi connectivity index (χ2n) is 4.61. The first-order chi connectivity index (χ1) is 10.1. The zero-order valence-corrected chi connectivity index (χ0v) is 11.7. The standard InChI is InChI=1S/C16H11ClFNO2/c17-13-3-1-2-4-14(13)19-16(20)7-10-9-21-15-6-5-11(18)8-12(10)15/h1-6,8-9H,7H2,(H,19,20). The van der Waals surface area contributed by atoms with Crippen molar-refractivity contribution in [1.29, 1.82) is 0 Å². The molecule has 1 heterocycles. The van der Waals surface area contributed by atoms with Crippen molar-refractivity contribution in [2.75, 3.05) is 5.32 Å². The average molecular weight is 304 g/mol. The number of para-hydroxylation sites is 1. The number of furan rings is 1. The van der Waals surface area contributed by atoms with Gasteiger partial charge in [0.15, 0.2) is 0 Å². The van der Waals surface area contributed by atoms with E-state index in [-0.39, 0.29) is 18.1 Å². The van der Waals surface area contributed by atoms with Gasteiger partial charge < -0.3 is 9.73 Å². The molecular formula is C16H11ClFNO2. The summed E-state index contributed by atoms with van der Waals surface area (Å²) in [7, 11) is 0. The van der Waals surface area contributed by atoms with Gasteiger partial charge in [-0.25, -0.2) is 4.39 Å². The molecule has 0 bridgehead atoms. The minimum atomic E-state index is -0.364. The molecular weight excluding hydrogens is 293 g/mol. The quantitative estimate of drug-likeness (QED) is 0.779. The Balaban J connectivity index is 1.80. The van der Waals surface area contributed by atoms with Crippen LogP contribution in [0.1, 0.15) is 5.56 Å². The Hall–Kier alpha value is -2.33. The van der Waals surface area contributed by atoms with Gasteiger partial charge in [-0.2, -0.15) is 0 Å². The van der Waals surface area contributed by atoms with Crippen LogP contribution in [-0.2, 0) is 11.2 Å². The second kappa shape index (κ2) is 5.58. The van der Waals surface area contributed by atoms with Gasteiger partial charge in [0.2, 0.25) is 5.91 Å². The second-order valence-corrected chi connectivity index (χ2v) is 5.01. The minimum absolute atomic E-state index is 0.0850. The van der Waals surface area contributed by atoms with Crippen LogP contribution in [0.2, 0.25) is 5.02 Å². The molecule has 0 aliphatic heterocycles. The highest BCUT2D eigenvalue weighted by Gasteiger charge is 2.12. The van der Waals surface area contributed by atoms with E-state index in [2.05, 4.69) is 5.32 Å². The van der Waals surface area contributed by atoms with Crippen LogP contribution in [0, 0.1) is 5.82 Å². The van der Waals surface area contributed by atoms with Gasteiger partial charge in [-0.05, 0) is 30.3 Å². The number of carbonyl (C=O) groups is 1. The van der Waals surface area contributed by atoms with Gasteiger partial charge in [0.1, 0.15) is 11.4 Å². The van der Waals surface area contributed by atoms with Crippen LogP contribution in [0.25, 0.3) is 11.0 Å². The summed E-state index contributed by atoms with van der Waals surface area (Å²) in [6.45, 7) is 0. The molecule has 3 aromatic rings. The smallest absolute Gasteiger partial charge is 0.228 e. The Morgan fingerprint density at radius 1 is 1.24 bits per heavy atom. The molecule has 3 rings (SSSR count). The van der Waals surface area contributed by atoms with Gasteiger partial charge in [-0.1, -0.05) is 23.7 Å². The van der Waals surface area contributed by atoms with E-state index in [1.165, 1.54) is 18.4 Å². The summed E-state index contributed by atoms with van der Waals surface area (Å²) in [6.07, 6.45) is 1.55.